The minimum absolute atomic E-state index is 0.303. The summed E-state index contributed by atoms with van der Waals surface area (Å²) in [5, 5.41) is 3.94. The van der Waals surface area contributed by atoms with Gasteiger partial charge in [0.25, 0.3) is 5.91 Å². The fraction of sp³-hybridized carbons (Fsp3) is 0.125. The summed E-state index contributed by atoms with van der Waals surface area (Å²) in [6.45, 7) is 0. The third kappa shape index (κ3) is 4.08. The molecule has 0 unspecified atom stereocenters. The van der Waals surface area contributed by atoms with Crippen LogP contribution < -0.4 is 14.9 Å². The van der Waals surface area contributed by atoms with E-state index in [-0.39, 0.29) is 5.91 Å². The fourth-order valence-electron chi connectivity index (χ4n) is 1.76. The number of nitrogens with one attached hydrogen (secondary N) is 1. The first-order valence-electron chi connectivity index (χ1n) is 6.45. The quantitative estimate of drug-likeness (QED) is 0.656. The lowest BCUT2D eigenvalue weighted by Crippen LogP contribution is -2.17. The Morgan fingerprint density at radius 3 is 2.68 bits per heavy atom. The number of halogens is 1. The SMILES string of the molecule is COc1cccc(/C=N/NC(=O)c2ccc(OC)c(Br)c2)c1. The molecular formula is C16H15BrN2O3. The second-order valence-electron chi connectivity index (χ2n) is 4.33. The summed E-state index contributed by atoms with van der Waals surface area (Å²) in [5.74, 6) is 1.09. The number of nitrogens with zero attached hydrogens (tertiary/aromatic N) is 1. The Morgan fingerprint density at radius 1 is 1.18 bits per heavy atom. The zero-order valence-electron chi connectivity index (χ0n) is 12.2. The first kappa shape index (κ1) is 16.0. The zero-order valence-corrected chi connectivity index (χ0v) is 13.8. The Bertz CT molecular complexity index is 702. The predicted molar refractivity (Wildman–Crippen MR) is 88.7 cm³/mol. The van der Waals surface area contributed by atoms with Crippen molar-refractivity contribution in [3.8, 4) is 11.5 Å². The van der Waals surface area contributed by atoms with Crippen molar-refractivity contribution < 1.29 is 14.3 Å². The smallest absolute Gasteiger partial charge is 0.271 e. The van der Waals surface area contributed by atoms with Gasteiger partial charge in [0, 0.05) is 5.56 Å². The van der Waals surface area contributed by atoms with Crippen molar-refractivity contribution >= 4 is 28.1 Å². The molecule has 1 N–H and O–H groups in total. The van der Waals surface area contributed by atoms with Gasteiger partial charge >= 0.3 is 0 Å². The van der Waals surface area contributed by atoms with Crippen LogP contribution in [0.4, 0.5) is 0 Å². The Hall–Kier alpha value is -2.34. The molecule has 0 bridgehead atoms. The summed E-state index contributed by atoms with van der Waals surface area (Å²) in [5.41, 5.74) is 3.79. The highest BCUT2D eigenvalue weighted by molar-refractivity contribution is 9.10. The van der Waals surface area contributed by atoms with Gasteiger partial charge < -0.3 is 9.47 Å². The first-order valence-corrected chi connectivity index (χ1v) is 7.24. The van der Waals surface area contributed by atoms with Gasteiger partial charge in [-0.2, -0.15) is 5.10 Å². The van der Waals surface area contributed by atoms with Crippen LogP contribution in [0.5, 0.6) is 11.5 Å². The van der Waals surface area contributed by atoms with Crippen LogP contribution in [0.15, 0.2) is 52.0 Å². The van der Waals surface area contributed by atoms with Crippen molar-refractivity contribution in [2.75, 3.05) is 14.2 Å². The number of hydrogen-bond acceptors (Lipinski definition) is 4. The lowest BCUT2D eigenvalue weighted by atomic mass is 10.2. The monoisotopic (exact) mass is 362 g/mol. The van der Waals surface area contributed by atoms with Gasteiger partial charge in [0.05, 0.1) is 24.9 Å². The molecule has 0 atom stereocenters. The van der Waals surface area contributed by atoms with Crippen LogP contribution in [-0.4, -0.2) is 26.3 Å². The standard InChI is InChI=1S/C16H15BrN2O3/c1-21-13-5-3-4-11(8-13)10-18-19-16(20)12-6-7-15(22-2)14(17)9-12/h3-10H,1-2H3,(H,19,20)/b18-10+. The first-order chi connectivity index (χ1) is 10.6. The van der Waals surface area contributed by atoms with Gasteiger partial charge in [-0.15, -0.1) is 0 Å². The molecule has 1 amide bonds. The lowest BCUT2D eigenvalue weighted by molar-refractivity contribution is 0.0955. The predicted octanol–water partition coefficient (Wildman–Crippen LogP) is 3.23. The van der Waals surface area contributed by atoms with E-state index >= 15 is 0 Å². The van der Waals surface area contributed by atoms with E-state index in [0.29, 0.717) is 15.8 Å². The van der Waals surface area contributed by atoms with E-state index in [1.54, 1.807) is 38.6 Å². The number of ether oxygens (including phenoxy) is 2. The Labute approximate surface area is 137 Å². The van der Waals surface area contributed by atoms with Crippen LogP contribution >= 0.6 is 15.9 Å². The normalized spacial score (nSPS) is 10.5. The molecule has 0 radical (unpaired) electrons. The summed E-state index contributed by atoms with van der Waals surface area (Å²) in [6, 6.07) is 12.4. The Balaban J connectivity index is 2.02. The molecule has 2 aromatic rings. The number of amides is 1. The van der Waals surface area contributed by atoms with Gasteiger partial charge in [-0.3, -0.25) is 4.79 Å². The third-order valence-electron chi connectivity index (χ3n) is 2.89. The van der Waals surface area contributed by atoms with Crippen molar-refractivity contribution in [3.63, 3.8) is 0 Å². The average Bonchev–Trinajstić information content (AvgIpc) is 2.54. The zero-order chi connectivity index (χ0) is 15.9. The van der Waals surface area contributed by atoms with E-state index in [9.17, 15) is 4.79 Å². The summed E-state index contributed by atoms with van der Waals surface area (Å²) in [6.07, 6.45) is 1.55. The number of hydrazone groups is 1. The minimum Gasteiger partial charge on any atom is -0.497 e. The molecule has 2 aromatic carbocycles. The van der Waals surface area contributed by atoms with Gasteiger partial charge in [-0.1, -0.05) is 12.1 Å². The van der Waals surface area contributed by atoms with Crippen LogP contribution in [0.3, 0.4) is 0 Å². The number of rotatable bonds is 5. The highest BCUT2D eigenvalue weighted by Gasteiger charge is 2.07. The number of hydrogen-bond donors (Lipinski definition) is 1. The number of methoxy groups -OCH3 is 2. The van der Waals surface area contributed by atoms with Crippen molar-refractivity contribution in [1.82, 2.24) is 5.43 Å². The molecule has 0 fully saturated rings. The van der Waals surface area contributed by atoms with Crippen LogP contribution in [0.25, 0.3) is 0 Å². The molecule has 6 heteroatoms. The molecule has 114 valence electrons. The summed E-state index contributed by atoms with van der Waals surface area (Å²) in [7, 11) is 3.16. The summed E-state index contributed by atoms with van der Waals surface area (Å²) >= 11 is 3.34. The number of carbonyl (C=O) groups is 1. The number of carbonyl (C=O) groups excluding carboxylic acids is 1. The molecular weight excluding hydrogens is 348 g/mol. The minimum atomic E-state index is -0.303. The molecule has 5 nitrogen and oxygen atoms in total. The highest BCUT2D eigenvalue weighted by Crippen LogP contribution is 2.25. The molecule has 2 rings (SSSR count). The molecule has 0 spiro atoms. The van der Waals surface area contributed by atoms with Crippen molar-refractivity contribution in [2.24, 2.45) is 5.10 Å². The van der Waals surface area contributed by atoms with E-state index in [4.69, 9.17) is 9.47 Å². The second kappa shape index (κ2) is 7.61. The van der Waals surface area contributed by atoms with Crippen LogP contribution in [0.2, 0.25) is 0 Å². The topological polar surface area (TPSA) is 59.9 Å². The van der Waals surface area contributed by atoms with Crippen molar-refractivity contribution in [2.45, 2.75) is 0 Å². The fourth-order valence-corrected chi connectivity index (χ4v) is 2.30. The summed E-state index contributed by atoms with van der Waals surface area (Å²) < 4.78 is 10.9. The molecule has 0 aliphatic heterocycles. The third-order valence-corrected chi connectivity index (χ3v) is 3.51. The maximum absolute atomic E-state index is 12.0. The van der Waals surface area contributed by atoms with Crippen molar-refractivity contribution in [1.29, 1.82) is 0 Å². The summed E-state index contributed by atoms with van der Waals surface area (Å²) in [4.78, 5) is 12.0. The molecule has 0 heterocycles. The molecule has 0 aliphatic carbocycles. The van der Waals surface area contributed by atoms with Gasteiger partial charge in [0.2, 0.25) is 0 Å². The molecule has 0 saturated carbocycles. The average molecular weight is 363 g/mol. The van der Waals surface area contributed by atoms with Crippen molar-refractivity contribution in [3.05, 3.63) is 58.1 Å². The van der Waals surface area contributed by atoms with E-state index in [0.717, 1.165) is 11.3 Å². The van der Waals surface area contributed by atoms with Gasteiger partial charge in [-0.05, 0) is 51.8 Å². The van der Waals surface area contributed by atoms with Crippen LogP contribution in [0, 0.1) is 0 Å². The van der Waals surface area contributed by atoms with E-state index in [1.165, 1.54) is 0 Å². The molecule has 0 aromatic heterocycles. The maximum atomic E-state index is 12.0. The maximum Gasteiger partial charge on any atom is 0.271 e. The van der Waals surface area contributed by atoms with Gasteiger partial charge in [0.1, 0.15) is 11.5 Å². The van der Waals surface area contributed by atoms with Crippen LogP contribution in [0.1, 0.15) is 15.9 Å². The highest BCUT2D eigenvalue weighted by atomic mass is 79.9. The van der Waals surface area contributed by atoms with E-state index < -0.39 is 0 Å². The number of benzene rings is 2. The Kier molecular flexibility index (Phi) is 5.55. The Morgan fingerprint density at radius 2 is 2.00 bits per heavy atom. The molecule has 0 aliphatic rings. The largest absolute Gasteiger partial charge is 0.497 e. The van der Waals surface area contributed by atoms with Crippen LogP contribution in [-0.2, 0) is 0 Å². The van der Waals surface area contributed by atoms with E-state index in [1.807, 2.05) is 24.3 Å². The van der Waals surface area contributed by atoms with Gasteiger partial charge in [-0.25, -0.2) is 5.43 Å². The van der Waals surface area contributed by atoms with Gasteiger partial charge in [0.15, 0.2) is 0 Å². The van der Waals surface area contributed by atoms with E-state index in [2.05, 4.69) is 26.5 Å². The second-order valence-corrected chi connectivity index (χ2v) is 5.18. The molecule has 0 saturated heterocycles. The lowest BCUT2D eigenvalue weighted by Gasteiger charge is -2.05. The molecule has 22 heavy (non-hydrogen) atoms.